The Labute approximate surface area is 114 Å². The predicted molar refractivity (Wildman–Crippen MR) is 70.1 cm³/mol. The van der Waals surface area contributed by atoms with Gasteiger partial charge in [0.15, 0.2) is 0 Å². The summed E-state index contributed by atoms with van der Waals surface area (Å²) in [7, 11) is 0. The van der Waals surface area contributed by atoms with Crippen LogP contribution in [0.15, 0.2) is 22.7 Å². The third-order valence-corrected chi connectivity index (χ3v) is 3.86. The molecule has 1 aliphatic rings. The summed E-state index contributed by atoms with van der Waals surface area (Å²) in [5, 5.41) is 8.58. The van der Waals surface area contributed by atoms with Crippen molar-refractivity contribution in [2.75, 3.05) is 6.54 Å². The van der Waals surface area contributed by atoms with Crippen molar-refractivity contribution < 1.29 is 14.7 Å². The number of halogens is 1. The zero-order chi connectivity index (χ0) is 13.1. The van der Waals surface area contributed by atoms with E-state index >= 15 is 0 Å². The number of carbonyl (C=O) groups is 2. The van der Waals surface area contributed by atoms with E-state index in [9.17, 15) is 9.59 Å². The Morgan fingerprint density at radius 3 is 2.83 bits per heavy atom. The minimum absolute atomic E-state index is 0.0805. The van der Waals surface area contributed by atoms with Gasteiger partial charge in [0.25, 0.3) is 0 Å². The van der Waals surface area contributed by atoms with E-state index in [0.29, 0.717) is 13.1 Å². The van der Waals surface area contributed by atoms with Gasteiger partial charge in [0.05, 0.1) is 6.42 Å². The molecule has 0 fully saturated rings. The molecular formula is C13H14BrNO3. The number of carboxylic acids is 1. The largest absolute Gasteiger partial charge is 0.481 e. The van der Waals surface area contributed by atoms with Crippen molar-refractivity contribution in [3.63, 3.8) is 0 Å². The smallest absolute Gasteiger partial charge is 0.303 e. The molecule has 1 aromatic rings. The van der Waals surface area contributed by atoms with Crippen molar-refractivity contribution in [3.05, 3.63) is 33.8 Å². The van der Waals surface area contributed by atoms with Gasteiger partial charge >= 0.3 is 5.97 Å². The first-order valence-electron chi connectivity index (χ1n) is 5.84. The highest BCUT2D eigenvalue weighted by Crippen LogP contribution is 2.26. The summed E-state index contributed by atoms with van der Waals surface area (Å²) in [5.41, 5.74) is 2.39. The summed E-state index contributed by atoms with van der Waals surface area (Å²) >= 11 is 3.51. The lowest BCUT2D eigenvalue weighted by atomic mass is 9.99. The van der Waals surface area contributed by atoms with E-state index < -0.39 is 5.97 Å². The molecule has 1 aliphatic heterocycles. The number of benzene rings is 1. The first-order chi connectivity index (χ1) is 8.58. The van der Waals surface area contributed by atoms with Crippen LogP contribution in [0.3, 0.4) is 0 Å². The molecule has 0 radical (unpaired) electrons. The zero-order valence-electron chi connectivity index (χ0n) is 9.86. The van der Waals surface area contributed by atoms with E-state index in [-0.39, 0.29) is 18.7 Å². The zero-order valence-corrected chi connectivity index (χ0v) is 11.4. The standard InChI is InChI=1S/C13H14BrNO3/c14-11-3-1-2-9-8-15(7-6-10(9)11)12(16)4-5-13(17)18/h1-3H,4-8H2,(H,17,18). The number of fused-ring (bicyclic) bond motifs is 1. The Morgan fingerprint density at radius 2 is 2.11 bits per heavy atom. The number of aliphatic carboxylic acids is 1. The highest BCUT2D eigenvalue weighted by Gasteiger charge is 2.21. The normalized spacial score (nSPS) is 14.2. The van der Waals surface area contributed by atoms with Gasteiger partial charge in [-0.25, -0.2) is 0 Å². The van der Waals surface area contributed by atoms with Crippen LogP contribution in [0.25, 0.3) is 0 Å². The quantitative estimate of drug-likeness (QED) is 0.931. The van der Waals surface area contributed by atoms with Crippen molar-refractivity contribution in [2.45, 2.75) is 25.8 Å². The van der Waals surface area contributed by atoms with Gasteiger partial charge < -0.3 is 10.0 Å². The summed E-state index contributed by atoms with van der Waals surface area (Å²) < 4.78 is 1.08. The Kier molecular flexibility index (Phi) is 4.01. The molecule has 0 spiro atoms. The maximum absolute atomic E-state index is 11.8. The third kappa shape index (κ3) is 2.90. The molecule has 0 atom stereocenters. The van der Waals surface area contributed by atoms with Crippen LogP contribution < -0.4 is 0 Å². The molecule has 5 heteroatoms. The topological polar surface area (TPSA) is 57.6 Å². The fourth-order valence-corrected chi connectivity index (χ4v) is 2.75. The van der Waals surface area contributed by atoms with E-state index in [4.69, 9.17) is 5.11 Å². The van der Waals surface area contributed by atoms with Crippen LogP contribution in [0.4, 0.5) is 0 Å². The fraction of sp³-hybridized carbons (Fsp3) is 0.385. The van der Waals surface area contributed by atoms with Crippen LogP contribution in [-0.2, 0) is 22.6 Å². The van der Waals surface area contributed by atoms with Crippen LogP contribution in [0.5, 0.6) is 0 Å². The second-order valence-electron chi connectivity index (χ2n) is 4.34. The van der Waals surface area contributed by atoms with E-state index in [2.05, 4.69) is 15.9 Å². The maximum Gasteiger partial charge on any atom is 0.303 e. The molecule has 1 aromatic carbocycles. The Hall–Kier alpha value is -1.36. The second kappa shape index (κ2) is 5.52. The first kappa shape index (κ1) is 13.1. The summed E-state index contributed by atoms with van der Waals surface area (Å²) in [6.07, 6.45) is 0.801. The number of rotatable bonds is 3. The number of hydrogen-bond acceptors (Lipinski definition) is 2. The summed E-state index contributed by atoms with van der Waals surface area (Å²) in [4.78, 5) is 24.0. The van der Waals surface area contributed by atoms with E-state index in [1.807, 2.05) is 18.2 Å². The van der Waals surface area contributed by atoms with Gasteiger partial charge in [0.1, 0.15) is 0 Å². The summed E-state index contributed by atoms with van der Waals surface area (Å²) in [6.45, 7) is 1.24. The molecule has 2 rings (SSSR count). The number of hydrogen-bond donors (Lipinski definition) is 1. The van der Waals surface area contributed by atoms with Gasteiger partial charge in [-0.15, -0.1) is 0 Å². The lowest BCUT2D eigenvalue weighted by molar-refractivity contribution is -0.141. The van der Waals surface area contributed by atoms with E-state index in [1.165, 1.54) is 5.56 Å². The van der Waals surface area contributed by atoms with Crippen LogP contribution in [0, 0.1) is 0 Å². The van der Waals surface area contributed by atoms with Gasteiger partial charge in [0, 0.05) is 24.0 Å². The SMILES string of the molecule is O=C(O)CCC(=O)N1CCc2c(Br)cccc2C1. The number of carboxylic acid groups (broad SMARTS) is 1. The first-order valence-corrected chi connectivity index (χ1v) is 6.63. The van der Waals surface area contributed by atoms with Gasteiger partial charge in [-0.3, -0.25) is 9.59 Å². The van der Waals surface area contributed by atoms with Gasteiger partial charge in [-0.1, -0.05) is 28.1 Å². The van der Waals surface area contributed by atoms with Crippen LogP contribution in [0.1, 0.15) is 24.0 Å². The molecule has 0 saturated carbocycles. The Morgan fingerprint density at radius 1 is 1.33 bits per heavy atom. The molecule has 0 aromatic heterocycles. The Balaban J connectivity index is 2.03. The molecule has 1 amide bonds. The minimum Gasteiger partial charge on any atom is -0.481 e. The fourth-order valence-electron chi connectivity index (χ4n) is 2.15. The average molecular weight is 312 g/mol. The number of amides is 1. The molecule has 0 saturated heterocycles. The maximum atomic E-state index is 11.8. The highest BCUT2D eigenvalue weighted by atomic mass is 79.9. The van der Waals surface area contributed by atoms with E-state index in [0.717, 1.165) is 16.5 Å². The lowest BCUT2D eigenvalue weighted by Gasteiger charge is -2.29. The third-order valence-electron chi connectivity index (χ3n) is 3.11. The van der Waals surface area contributed by atoms with Gasteiger partial charge in [-0.2, -0.15) is 0 Å². The predicted octanol–water partition coefficient (Wildman–Crippen LogP) is 2.20. The molecule has 1 N–H and O–H groups in total. The average Bonchev–Trinajstić information content (AvgIpc) is 2.35. The number of carbonyl (C=O) groups excluding carboxylic acids is 1. The van der Waals surface area contributed by atoms with Crippen LogP contribution >= 0.6 is 15.9 Å². The lowest BCUT2D eigenvalue weighted by Crippen LogP contribution is -2.36. The monoisotopic (exact) mass is 311 g/mol. The van der Waals surface area contributed by atoms with Crippen molar-refractivity contribution in [1.82, 2.24) is 4.90 Å². The molecule has 4 nitrogen and oxygen atoms in total. The summed E-state index contributed by atoms with van der Waals surface area (Å²) in [6, 6.07) is 5.96. The van der Waals surface area contributed by atoms with Crippen molar-refractivity contribution in [1.29, 1.82) is 0 Å². The molecule has 0 aliphatic carbocycles. The molecule has 0 unspecified atom stereocenters. The summed E-state index contributed by atoms with van der Waals surface area (Å²) in [5.74, 6) is -1.01. The highest BCUT2D eigenvalue weighted by molar-refractivity contribution is 9.10. The van der Waals surface area contributed by atoms with Crippen LogP contribution in [-0.4, -0.2) is 28.4 Å². The molecule has 96 valence electrons. The van der Waals surface area contributed by atoms with Gasteiger partial charge in [-0.05, 0) is 23.6 Å². The van der Waals surface area contributed by atoms with Gasteiger partial charge in [0.2, 0.25) is 5.91 Å². The second-order valence-corrected chi connectivity index (χ2v) is 5.19. The van der Waals surface area contributed by atoms with Crippen molar-refractivity contribution >= 4 is 27.8 Å². The molecule has 18 heavy (non-hydrogen) atoms. The van der Waals surface area contributed by atoms with E-state index in [1.54, 1.807) is 4.90 Å². The minimum atomic E-state index is -0.927. The number of nitrogens with zero attached hydrogens (tertiary/aromatic N) is 1. The van der Waals surface area contributed by atoms with Crippen molar-refractivity contribution in [3.8, 4) is 0 Å². The molecule has 1 heterocycles. The Bertz CT molecular complexity index is 487. The molecular weight excluding hydrogens is 298 g/mol. The molecule has 0 bridgehead atoms. The van der Waals surface area contributed by atoms with Crippen molar-refractivity contribution in [2.24, 2.45) is 0 Å². The van der Waals surface area contributed by atoms with Crippen LogP contribution in [0.2, 0.25) is 0 Å².